The summed E-state index contributed by atoms with van der Waals surface area (Å²) in [7, 11) is 0. The number of halogens is 1. The number of hydrogen-bond donors (Lipinski definition) is 1. The summed E-state index contributed by atoms with van der Waals surface area (Å²) in [6, 6.07) is 4.30. The number of amides is 1. The van der Waals surface area contributed by atoms with Gasteiger partial charge in [-0.15, -0.1) is 5.10 Å². The number of anilines is 1. The molecule has 0 aliphatic rings. The van der Waals surface area contributed by atoms with E-state index in [1.54, 1.807) is 13.0 Å². The fourth-order valence-corrected chi connectivity index (χ4v) is 3.61. The first-order valence-corrected chi connectivity index (χ1v) is 8.78. The molecular formula is C15H18FN3O2S2. The summed E-state index contributed by atoms with van der Waals surface area (Å²) in [4.78, 5) is 12.2. The van der Waals surface area contributed by atoms with Gasteiger partial charge in [-0.25, -0.2) is 4.39 Å². The topological polar surface area (TPSA) is 64.1 Å². The van der Waals surface area contributed by atoms with Crippen molar-refractivity contribution in [1.82, 2.24) is 10.2 Å². The van der Waals surface area contributed by atoms with Crippen LogP contribution in [0.15, 0.2) is 22.5 Å². The number of benzene rings is 1. The predicted molar refractivity (Wildman–Crippen MR) is 90.8 cm³/mol. The highest BCUT2D eigenvalue weighted by molar-refractivity contribution is 8.02. The number of carbonyl (C=O) groups excluding carboxylic acids is 1. The number of nitrogens with one attached hydrogen (secondary N) is 1. The first-order chi connectivity index (χ1) is 10.8. The van der Waals surface area contributed by atoms with Gasteiger partial charge in [-0.1, -0.05) is 22.9 Å². The minimum absolute atomic E-state index is 0.0254. The number of thioether (sulfide) groups is 1. The lowest BCUT2D eigenvalue weighted by atomic mass is 10.2. The first kappa shape index (κ1) is 17.7. The SMILES string of the molecule is Cc1ccc(F)cc1NC(=O)[C@@H](C)Sc1nnc(OC(C)C)s1. The summed E-state index contributed by atoms with van der Waals surface area (Å²) in [5, 5.41) is 10.7. The van der Waals surface area contributed by atoms with E-state index in [1.165, 1.54) is 35.2 Å². The Morgan fingerprint density at radius 3 is 2.78 bits per heavy atom. The molecule has 8 heteroatoms. The summed E-state index contributed by atoms with van der Waals surface area (Å²) in [5.74, 6) is -0.601. The number of aryl methyl sites for hydroxylation is 1. The Hall–Kier alpha value is -1.67. The molecule has 2 rings (SSSR count). The van der Waals surface area contributed by atoms with Crippen LogP contribution < -0.4 is 10.1 Å². The highest BCUT2D eigenvalue weighted by atomic mass is 32.2. The Bertz CT molecular complexity index is 691. The molecule has 0 bridgehead atoms. The van der Waals surface area contributed by atoms with Gasteiger partial charge in [0.15, 0.2) is 4.34 Å². The molecule has 2 aromatic rings. The van der Waals surface area contributed by atoms with Gasteiger partial charge in [0.1, 0.15) is 5.82 Å². The monoisotopic (exact) mass is 355 g/mol. The molecule has 1 amide bonds. The van der Waals surface area contributed by atoms with E-state index in [1.807, 2.05) is 20.8 Å². The van der Waals surface area contributed by atoms with E-state index >= 15 is 0 Å². The van der Waals surface area contributed by atoms with Gasteiger partial charge in [-0.3, -0.25) is 4.79 Å². The van der Waals surface area contributed by atoms with Crippen LogP contribution in [0.5, 0.6) is 5.19 Å². The summed E-state index contributed by atoms with van der Waals surface area (Å²) < 4.78 is 19.4. The van der Waals surface area contributed by atoms with Crippen LogP contribution in [-0.2, 0) is 4.79 Å². The smallest absolute Gasteiger partial charge is 0.295 e. The standard InChI is InChI=1S/C15H18FN3O2S2/c1-8(2)21-14-18-19-15(23-14)22-10(4)13(20)17-12-7-11(16)6-5-9(12)3/h5-8,10H,1-4H3,(H,17,20)/t10-/m1/s1. The predicted octanol–water partition coefficient (Wildman–Crippen LogP) is 3.89. The van der Waals surface area contributed by atoms with Crippen LogP contribution in [0.1, 0.15) is 26.3 Å². The molecule has 0 radical (unpaired) electrons. The summed E-state index contributed by atoms with van der Waals surface area (Å²) in [5.41, 5.74) is 1.28. The first-order valence-electron chi connectivity index (χ1n) is 7.09. The maximum Gasteiger partial charge on any atom is 0.295 e. The largest absolute Gasteiger partial charge is 0.466 e. The molecule has 5 nitrogen and oxygen atoms in total. The molecule has 124 valence electrons. The lowest BCUT2D eigenvalue weighted by Gasteiger charge is -2.12. The van der Waals surface area contributed by atoms with Crippen LogP contribution in [-0.4, -0.2) is 27.5 Å². The molecule has 1 heterocycles. The second-order valence-corrected chi connectivity index (χ2v) is 7.74. The second kappa shape index (κ2) is 7.74. The van der Waals surface area contributed by atoms with Crippen molar-refractivity contribution in [2.24, 2.45) is 0 Å². The van der Waals surface area contributed by atoms with Crippen molar-refractivity contribution < 1.29 is 13.9 Å². The number of carbonyl (C=O) groups is 1. The lowest BCUT2D eigenvalue weighted by molar-refractivity contribution is -0.115. The van der Waals surface area contributed by atoms with E-state index in [0.29, 0.717) is 15.2 Å². The van der Waals surface area contributed by atoms with Crippen LogP contribution in [0.4, 0.5) is 10.1 Å². The van der Waals surface area contributed by atoms with Crippen LogP contribution in [0.2, 0.25) is 0 Å². The Morgan fingerprint density at radius 1 is 1.35 bits per heavy atom. The van der Waals surface area contributed by atoms with E-state index in [2.05, 4.69) is 15.5 Å². The Morgan fingerprint density at radius 2 is 2.09 bits per heavy atom. The molecule has 1 aromatic heterocycles. The van der Waals surface area contributed by atoms with Gasteiger partial charge in [0.2, 0.25) is 5.91 Å². The van der Waals surface area contributed by atoms with Crippen molar-refractivity contribution in [3.05, 3.63) is 29.6 Å². The third-order valence-corrected chi connectivity index (χ3v) is 4.83. The van der Waals surface area contributed by atoms with E-state index in [-0.39, 0.29) is 17.8 Å². The molecule has 0 saturated heterocycles. The molecule has 0 saturated carbocycles. The number of nitrogens with zero attached hydrogens (tertiary/aromatic N) is 2. The molecule has 1 N–H and O–H groups in total. The third-order valence-electron chi connectivity index (χ3n) is 2.83. The fraction of sp³-hybridized carbons (Fsp3) is 0.400. The molecule has 0 spiro atoms. The minimum atomic E-state index is -0.391. The molecule has 0 fully saturated rings. The maximum atomic E-state index is 13.3. The zero-order chi connectivity index (χ0) is 17.0. The minimum Gasteiger partial charge on any atom is -0.466 e. The normalized spacial score (nSPS) is 12.3. The molecule has 1 aromatic carbocycles. The van der Waals surface area contributed by atoms with Crippen molar-refractivity contribution in [3.63, 3.8) is 0 Å². The van der Waals surface area contributed by atoms with Gasteiger partial charge in [-0.05, 0) is 56.7 Å². The summed E-state index contributed by atoms with van der Waals surface area (Å²) in [6.45, 7) is 7.39. The van der Waals surface area contributed by atoms with Gasteiger partial charge in [0.05, 0.1) is 11.4 Å². The van der Waals surface area contributed by atoms with Crippen molar-refractivity contribution >= 4 is 34.7 Å². The quantitative estimate of drug-likeness (QED) is 0.797. The fourth-order valence-electron chi connectivity index (χ4n) is 1.66. The molecule has 0 unspecified atom stereocenters. The van der Waals surface area contributed by atoms with Gasteiger partial charge < -0.3 is 10.1 Å². The van der Waals surface area contributed by atoms with Gasteiger partial charge in [0.25, 0.3) is 5.19 Å². The van der Waals surface area contributed by atoms with E-state index < -0.39 is 5.25 Å². The molecule has 0 aliphatic heterocycles. The van der Waals surface area contributed by atoms with Crippen LogP contribution >= 0.6 is 23.1 Å². The van der Waals surface area contributed by atoms with Crippen molar-refractivity contribution in [2.45, 2.75) is 43.4 Å². The Kier molecular flexibility index (Phi) is 5.95. The number of ether oxygens (including phenoxy) is 1. The van der Waals surface area contributed by atoms with Crippen molar-refractivity contribution in [3.8, 4) is 5.19 Å². The van der Waals surface area contributed by atoms with Crippen LogP contribution in [0.25, 0.3) is 0 Å². The maximum absolute atomic E-state index is 13.3. The van der Waals surface area contributed by atoms with Gasteiger partial charge >= 0.3 is 0 Å². The highest BCUT2D eigenvalue weighted by Crippen LogP contribution is 2.31. The number of aromatic nitrogens is 2. The summed E-state index contributed by atoms with van der Waals surface area (Å²) >= 11 is 2.59. The Labute approximate surface area is 142 Å². The van der Waals surface area contributed by atoms with Crippen molar-refractivity contribution in [1.29, 1.82) is 0 Å². The van der Waals surface area contributed by atoms with Gasteiger partial charge in [-0.2, -0.15) is 0 Å². The van der Waals surface area contributed by atoms with Crippen LogP contribution in [0.3, 0.4) is 0 Å². The number of rotatable bonds is 6. The average Bonchev–Trinajstić information content (AvgIpc) is 2.89. The molecule has 1 atom stereocenters. The van der Waals surface area contributed by atoms with Crippen LogP contribution in [0, 0.1) is 12.7 Å². The van der Waals surface area contributed by atoms with E-state index in [9.17, 15) is 9.18 Å². The molecular weight excluding hydrogens is 337 g/mol. The van der Waals surface area contributed by atoms with Crippen molar-refractivity contribution in [2.75, 3.05) is 5.32 Å². The highest BCUT2D eigenvalue weighted by Gasteiger charge is 2.18. The molecule has 0 aliphatic carbocycles. The lowest BCUT2D eigenvalue weighted by Crippen LogP contribution is -2.22. The zero-order valence-electron chi connectivity index (χ0n) is 13.3. The summed E-state index contributed by atoms with van der Waals surface area (Å²) in [6.07, 6.45) is 0.0254. The van der Waals surface area contributed by atoms with Gasteiger partial charge in [0, 0.05) is 5.69 Å². The Balaban J connectivity index is 1.97. The van der Waals surface area contributed by atoms with E-state index in [0.717, 1.165) is 5.56 Å². The average molecular weight is 355 g/mol. The van der Waals surface area contributed by atoms with E-state index in [4.69, 9.17) is 4.74 Å². The second-order valence-electron chi connectivity index (χ2n) is 5.21. The molecule has 23 heavy (non-hydrogen) atoms. The third kappa shape index (κ3) is 5.18. The number of hydrogen-bond acceptors (Lipinski definition) is 6. The zero-order valence-corrected chi connectivity index (χ0v) is 14.9.